The third-order valence-corrected chi connectivity index (χ3v) is 6.05. The Morgan fingerprint density at radius 2 is 1.29 bits per heavy atom. The van der Waals surface area contributed by atoms with Crippen molar-refractivity contribution in [1.29, 1.82) is 0 Å². The van der Waals surface area contributed by atoms with Crippen molar-refractivity contribution in [2.24, 2.45) is 0 Å². The van der Waals surface area contributed by atoms with E-state index in [0.717, 1.165) is 0 Å². The molecule has 17 nitrogen and oxygen atoms in total. The molecule has 0 saturated carbocycles. The van der Waals surface area contributed by atoms with Gasteiger partial charge in [-0.3, -0.25) is 5.32 Å². The van der Waals surface area contributed by atoms with Crippen LogP contribution in [0, 0.1) is 0 Å². The lowest BCUT2D eigenvalue weighted by molar-refractivity contribution is -0.357. The van der Waals surface area contributed by atoms with Gasteiger partial charge in [0.2, 0.25) is 11.5 Å². The summed E-state index contributed by atoms with van der Waals surface area (Å²) < 4.78 is 0. The fourth-order valence-corrected chi connectivity index (χ4v) is 3.85. The first-order valence-corrected chi connectivity index (χ1v) is 11.3. The molecule has 3 aromatic rings. The van der Waals surface area contributed by atoms with Gasteiger partial charge in [-0.15, -0.1) is 0 Å². The summed E-state index contributed by atoms with van der Waals surface area (Å²) in [5.41, 5.74) is -5.45. The maximum absolute atomic E-state index is 11.5. The molecule has 41 heavy (non-hydrogen) atoms. The average Bonchev–Trinajstić information content (AvgIpc) is 2.89. The molecule has 0 heterocycles. The van der Waals surface area contributed by atoms with E-state index in [9.17, 15) is 76.3 Å². The van der Waals surface area contributed by atoms with E-state index in [1.165, 1.54) is 29.6 Å². The number of carbonyl (C=O) groups is 1. The summed E-state index contributed by atoms with van der Waals surface area (Å²) in [6, 6.07) is 5.65. The number of hydrogen-bond donors (Lipinski definition) is 16. The molecule has 0 aromatic heterocycles. The highest BCUT2D eigenvalue weighted by Crippen LogP contribution is 2.60. The van der Waals surface area contributed by atoms with Crippen molar-refractivity contribution in [3.63, 3.8) is 0 Å². The fraction of sp³-hybridized carbons (Fsp3) is 0.174. The zero-order valence-corrected chi connectivity index (χ0v) is 20.9. The molecule has 0 fully saturated rings. The summed E-state index contributed by atoms with van der Waals surface area (Å²) >= 11 is 5.82. The Kier molecular flexibility index (Phi) is 8.10. The van der Waals surface area contributed by atoms with Gasteiger partial charge in [0, 0.05) is 11.6 Å². The van der Waals surface area contributed by atoms with Gasteiger partial charge in [-0.05, 0) is 17.7 Å². The number of aliphatic hydroxyl groups is 5. The Labute approximate surface area is 232 Å². The van der Waals surface area contributed by atoms with Crippen LogP contribution in [0.1, 0.15) is 22.0 Å². The Morgan fingerprint density at radius 1 is 0.756 bits per heavy atom. The zero-order valence-electron chi connectivity index (χ0n) is 20.1. The minimum Gasteiger partial charge on any atom is -0.506 e. The van der Waals surface area contributed by atoms with Crippen molar-refractivity contribution in [2.75, 3.05) is 11.9 Å². The van der Waals surface area contributed by atoms with Crippen LogP contribution in [-0.4, -0.2) is 95.8 Å². The minimum absolute atomic E-state index is 0.163. The van der Waals surface area contributed by atoms with Crippen LogP contribution in [0.5, 0.6) is 46.0 Å². The second-order valence-corrected chi connectivity index (χ2v) is 8.95. The van der Waals surface area contributed by atoms with Crippen LogP contribution in [-0.2, 0) is 0 Å². The highest BCUT2D eigenvalue weighted by Gasteiger charge is 2.50. The number of carboxylic acid groups (broad SMARTS) is 1. The van der Waals surface area contributed by atoms with Crippen molar-refractivity contribution < 1.29 is 76.3 Å². The van der Waals surface area contributed by atoms with Gasteiger partial charge >= 0.3 is 17.8 Å². The van der Waals surface area contributed by atoms with Gasteiger partial charge in [0.25, 0.3) is 0 Å². The molecular formula is C23H23ClN2O15. The Hall–Kier alpha value is -4.62. The quantitative estimate of drug-likeness (QED) is 0.0822. The number of rotatable bonds is 9. The molecule has 18 heteroatoms. The first-order chi connectivity index (χ1) is 18.8. The molecule has 0 spiro atoms. The topological polar surface area (TPSA) is 324 Å². The zero-order chi connectivity index (χ0) is 31.2. The Balaban J connectivity index is 2.09. The molecule has 1 atom stereocenters. The summed E-state index contributed by atoms with van der Waals surface area (Å²) in [5, 5.41) is 146. The minimum atomic E-state index is -4.05. The number of phenols is 8. The molecule has 0 aliphatic carbocycles. The summed E-state index contributed by atoms with van der Waals surface area (Å²) in [7, 11) is 0. The van der Waals surface area contributed by atoms with Crippen LogP contribution in [0.3, 0.4) is 0 Å². The number of phenolic OH excluding ortho intramolecular Hbond substituents is 6. The van der Waals surface area contributed by atoms with Gasteiger partial charge < -0.3 is 76.8 Å². The molecular weight excluding hydrogens is 580 g/mol. The SMILES string of the molecule is O=C(O)c1c(O)c(O)c(O)c(-c2c(O)c(O)c(O)c(NC(O)(O)C(O)(O)NCC(O)c3cccc(Cl)c3)c2O)c1O. The number of anilines is 1. The van der Waals surface area contributed by atoms with E-state index in [4.69, 9.17) is 11.6 Å². The van der Waals surface area contributed by atoms with Crippen LogP contribution < -0.4 is 10.6 Å². The van der Waals surface area contributed by atoms with Gasteiger partial charge in [-0.1, -0.05) is 23.7 Å². The van der Waals surface area contributed by atoms with Crippen LogP contribution in [0.25, 0.3) is 11.1 Å². The predicted octanol–water partition coefficient (Wildman–Crippen LogP) is -0.638. The number of carboxylic acids is 1. The lowest BCUT2D eigenvalue weighted by Crippen LogP contribution is -2.67. The number of halogens is 1. The van der Waals surface area contributed by atoms with Crippen molar-refractivity contribution in [2.45, 2.75) is 17.9 Å². The molecule has 16 N–H and O–H groups in total. The van der Waals surface area contributed by atoms with Gasteiger partial charge in [0.15, 0.2) is 28.7 Å². The first kappa shape index (κ1) is 30.9. The van der Waals surface area contributed by atoms with Crippen molar-refractivity contribution in [3.05, 3.63) is 40.4 Å². The molecule has 0 saturated heterocycles. The number of benzene rings is 3. The second-order valence-electron chi connectivity index (χ2n) is 8.52. The number of hydrogen-bond acceptors (Lipinski definition) is 16. The van der Waals surface area contributed by atoms with Crippen molar-refractivity contribution in [1.82, 2.24) is 5.32 Å². The van der Waals surface area contributed by atoms with Crippen molar-refractivity contribution >= 4 is 23.3 Å². The van der Waals surface area contributed by atoms with E-state index in [0.29, 0.717) is 0 Å². The van der Waals surface area contributed by atoms with Crippen molar-refractivity contribution in [3.8, 4) is 57.1 Å². The summed E-state index contributed by atoms with van der Waals surface area (Å²) in [4.78, 5) is 11.5. The number of nitrogens with one attached hydrogen (secondary N) is 2. The smallest absolute Gasteiger partial charge is 0.343 e. The first-order valence-electron chi connectivity index (χ1n) is 10.9. The third-order valence-electron chi connectivity index (χ3n) is 5.82. The molecule has 222 valence electrons. The molecule has 0 aliphatic heterocycles. The lowest BCUT2D eigenvalue weighted by Gasteiger charge is -2.37. The monoisotopic (exact) mass is 602 g/mol. The molecule has 0 aliphatic rings. The summed E-state index contributed by atoms with van der Waals surface area (Å²) in [6.07, 6.45) is -1.51. The van der Waals surface area contributed by atoms with E-state index < -0.39 is 98.8 Å². The van der Waals surface area contributed by atoms with Gasteiger partial charge in [0.1, 0.15) is 17.0 Å². The van der Waals surface area contributed by atoms with Crippen LogP contribution in [0.4, 0.5) is 5.69 Å². The maximum Gasteiger partial charge on any atom is 0.343 e. The highest BCUT2D eigenvalue weighted by molar-refractivity contribution is 6.30. The highest BCUT2D eigenvalue weighted by atomic mass is 35.5. The van der Waals surface area contributed by atoms with Gasteiger partial charge in [0.05, 0.1) is 17.2 Å². The van der Waals surface area contributed by atoms with Gasteiger partial charge in [-0.25, -0.2) is 4.79 Å². The predicted molar refractivity (Wildman–Crippen MR) is 135 cm³/mol. The van der Waals surface area contributed by atoms with E-state index in [1.807, 2.05) is 0 Å². The molecule has 3 aromatic carbocycles. The number of aliphatic hydroxyl groups excluding tert-OH is 1. The average molecular weight is 603 g/mol. The largest absolute Gasteiger partial charge is 0.506 e. The number of aromatic hydroxyl groups is 8. The standard InChI is InChI=1S/C23H23ClN2O15/c24-7-3-1-2-6(4-7)8(27)5-25-22(38,39)23(40,41)26-12-14(29)10(16(31)20(35)18(12)33)9-13(28)11(21(36)37)17(32)19(34)15(9)30/h1-4,8,25-35,38-41H,5H2,(H,36,37). The molecule has 0 radical (unpaired) electrons. The lowest BCUT2D eigenvalue weighted by atomic mass is 9.95. The van der Waals surface area contributed by atoms with E-state index in [-0.39, 0.29) is 10.6 Å². The summed E-state index contributed by atoms with van der Waals surface area (Å²) in [5.74, 6) is -22.7. The Bertz CT molecular complexity index is 1530. The third kappa shape index (κ3) is 5.41. The molecule has 0 amide bonds. The fourth-order valence-electron chi connectivity index (χ4n) is 3.65. The van der Waals surface area contributed by atoms with E-state index in [1.54, 1.807) is 5.32 Å². The Morgan fingerprint density at radius 3 is 1.83 bits per heavy atom. The van der Waals surface area contributed by atoms with Gasteiger partial charge in [-0.2, -0.15) is 0 Å². The molecule has 3 rings (SSSR count). The number of aromatic carboxylic acids is 1. The summed E-state index contributed by atoms with van der Waals surface area (Å²) in [6.45, 7) is -0.783. The second kappa shape index (κ2) is 10.7. The van der Waals surface area contributed by atoms with E-state index >= 15 is 0 Å². The molecule has 0 bridgehead atoms. The normalized spacial score (nSPS) is 12.7. The maximum atomic E-state index is 11.5. The van der Waals surface area contributed by atoms with E-state index in [2.05, 4.69) is 0 Å². The van der Waals surface area contributed by atoms with Crippen LogP contribution in [0.2, 0.25) is 5.02 Å². The van der Waals surface area contributed by atoms with Crippen LogP contribution in [0.15, 0.2) is 24.3 Å². The molecule has 1 unspecified atom stereocenters. The van der Waals surface area contributed by atoms with Crippen LogP contribution >= 0.6 is 11.6 Å².